The maximum absolute atomic E-state index is 11.8. The van der Waals surface area contributed by atoms with Gasteiger partial charge in [0.05, 0.1) is 10.0 Å². The molecule has 0 aliphatic carbocycles. The topological polar surface area (TPSA) is 51.5 Å². The summed E-state index contributed by atoms with van der Waals surface area (Å²) in [6.45, 7) is 3.83. The molecule has 0 aliphatic heterocycles. The summed E-state index contributed by atoms with van der Waals surface area (Å²) in [6, 6.07) is 6.35. The van der Waals surface area contributed by atoms with E-state index in [0.717, 1.165) is 0 Å². The zero-order valence-corrected chi connectivity index (χ0v) is 14.2. The molecule has 0 atom stereocenters. The van der Waals surface area contributed by atoms with Gasteiger partial charge in [-0.2, -0.15) is 0 Å². The minimum Gasteiger partial charge on any atom is -0.483 e. The van der Waals surface area contributed by atoms with Crippen LogP contribution in [0.5, 0.6) is 5.75 Å². The van der Waals surface area contributed by atoms with Gasteiger partial charge in [0.1, 0.15) is 12.4 Å². The highest BCUT2D eigenvalue weighted by Gasteiger charge is 2.14. The highest BCUT2D eigenvalue weighted by Crippen LogP contribution is 2.36. The molecular weight excluding hydrogens is 349 g/mol. The molecule has 0 saturated carbocycles. The molecule has 22 heavy (non-hydrogen) atoms. The Bertz CT molecular complexity index is 659. The second-order valence-electron chi connectivity index (χ2n) is 4.88. The van der Waals surface area contributed by atoms with Crippen LogP contribution in [0.1, 0.15) is 30.2 Å². The zero-order valence-electron chi connectivity index (χ0n) is 12.0. The number of furan rings is 1. The third kappa shape index (κ3) is 4.32. The van der Waals surface area contributed by atoms with Crippen molar-refractivity contribution in [2.45, 2.75) is 26.5 Å². The molecule has 1 amide bonds. The first-order valence-corrected chi connectivity index (χ1v) is 7.67. The number of halogens is 3. The van der Waals surface area contributed by atoms with Crippen LogP contribution >= 0.6 is 34.8 Å². The molecule has 4 nitrogen and oxygen atoms in total. The molecule has 118 valence electrons. The van der Waals surface area contributed by atoms with E-state index >= 15 is 0 Å². The summed E-state index contributed by atoms with van der Waals surface area (Å²) >= 11 is 17.9. The molecule has 0 saturated heterocycles. The maximum atomic E-state index is 11.8. The highest BCUT2D eigenvalue weighted by atomic mass is 35.5. The summed E-state index contributed by atoms with van der Waals surface area (Å²) < 4.78 is 11.0. The molecular formula is C15H14Cl3NO3. The Balaban J connectivity index is 2.04. The first-order chi connectivity index (χ1) is 10.4. The van der Waals surface area contributed by atoms with Crippen molar-refractivity contribution in [2.24, 2.45) is 0 Å². The smallest absolute Gasteiger partial charge is 0.287 e. The van der Waals surface area contributed by atoms with Crippen molar-refractivity contribution in [3.05, 3.63) is 50.9 Å². The largest absolute Gasteiger partial charge is 0.483 e. The molecule has 0 unspecified atom stereocenters. The molecule has 7 heteroatoms. The Hall–Kier alpha value is -1.36. The van der Waals surface area contributed by atoms with Gasteiger partial charge in [0.2, 0.25) is 0 Å². The van der Waals surface area contributed by atoms with Crippen molar-refractivity contribution >= 4 is 40.7 Å². The van der Waals surface area contributed by atoms with Gasteiger partial charge < -0.3 is 14.5 Å². The Kier molecular flexibility index (Phi) is 5.62. The van der Waals surface area contributed by atoms with Gasteiger partial charge in [-0.25, -0.2) is 0 Å². The van der Waals surface area contributed by atoms with Crippen LogP contribution in [0, 0.1) is 0 Å². The van der Waals surface area contributed by atoms with Gasteiger partial charge in [0, 0.05) is 11.1 Å². The van der Waals surface area contributed by atoms with Crippen molar-refractivity contribution in [1.29, 1.82) is 0 Å². The van der Waals surface area contributed by atoms with E-state index in [1.807, 2.05) is 13.8 Å². The number of hydrogen-bond donors (Lipinski definition) is 1. The average Bonchev–Trinajstić information content (AvgIpc) is 2.85. The number of nitrogens with one attached hydrogen (secondary N) is 1. The number of carbonyl (C=O) groups is 1. The SMILES string of the molecule is CC(C)NC(=O)c1ccc(COc2c(Cl)cc(Cl)cc2Cl)o1. The minimum atomic E-state index is -0.274. The Morgan fingerprint density at radius 1 is 1.23 bits per heavy atom. The van der Waals surface area contributed by atoms with E-state index in [9.17, 15) is 4.79 Å². The second-order valence-corrected chi connectivity index (χ2v) is 6.13. The van der Waals surface area contributed by atoms with Crippen LogP contribution in [0.3, 0.4) is 0 Å². The van der Waals surface area contributed by atoms with Crippen LogP contribution in [0.15, 0.2) is 28.7 Å². The van der Waals surface area contributed by atoms with E-state index in [1.54, 1.807) is 12.1 Å². The molecule has 0 spiro atoms. The van der Waals surface area contributed by atoms with E-state index in [1.165, 1.54) is 12.1 Å². The fourth-order valence-corrected chi connectivity index (χ4v) is 2.65. The molecule has 1 aromatic carbocycles. The van der Waals surface area contributed by atoms with Gasteiger partial charge in [-0.15, -0.1) is 0 Å². The van der Waals surface area contributed by atoms with Crippen molar-refractivity contribution < 1.29 is 13.9 Å². The van der Waals surface area contributed by atoms with Crippen molar-refractivity contribution in [2.75, 3.05) is 0 Å². The number of benzene rings is 1. The first-order valence-electron chi connectivity index (χ1n) is 6.53. The molecule has 0 radical (unpaired) electrons. The normalized spacial score (nSPS) is 10.8. The van der Waals surface area contributed by atoms with Crippen LogP contribution in [0.2, 0.25) is 15.1 Å². The lowest BCUT2D eigenvalue weighted by Crippen LogP contribution is -2.29. The number of carbonyl (C=O) groups excluding carboxylic acids is 1. The van der Waals surface area contributed by atoms with Crippen LogP contribution < -0.4 is 10.1 Å². The van der Waals surface area contributed by atoms with E-state index in [4.69, 9.17) is 44.0 Å². The molecule has 0 bridgehead atoms. The summed E-state index contributed by atoms with van der Waals surface area (Å²) in [4.78, 5) is 11.8. The lowest BCUT2D eigenvalue weighted by molar-refractivity contribution is 0.0911. The third-order valence-corrected chi connectivity index (χ3v) is 3.41. The minimum absolute atomic E-state index is 0.0315. The van der Waals surface area contributed by atoms with E-state index in [2.05, 4.69) is 5.32 Å². The van der Waals surface area contributed by atoms with Crippen molar-refractivity contribution in [3.8, 4) is 5.75 Å². The average molecular weight is 363 g/mol. The van der Waals surface area contributed by atoms with E-state index < -0.39 is 0 Å². The number of amides is 1. The summed E-state index contributed by atoms with van der Waals surface area (Å²) in [7, 11) is 0. The standard InChI is InChI=1S/C15H14Cl3NO3/c1-8(2)19-15(20)13-4-3-10(22-13)7-21-14-11(17)5-9(16)6-12(14)18/h3-6,8H,7H2,1-2H3,(H,19,20). The van der Waals surface area contributed by atoms with Gasteiger partial charge in [0.25, 0.3) is 5.91 Å². The van der Waals surface area contributed by atoms with Gasteiger partial charge >= 0.3 is 0 Å². The molecule has 2 aromatic rings. The molecule has 2 rings (SSSR count). The van der Waals surface area contributed by atoms with Gasteiger partial charge in [-0.1, -0.05) is 34.8 Å². The second kappa shape index (κ2) is 7.27. The third-order valence-electron chi connectivity index (χ3n) is 2.63. The van der Waals surface area contributed by atoms with Crippen molar-refractivity contribution in [3.63, 3.8) is 0 Å². The maximum Gasteiger partial charge on any atom is 0.287 e. The molecule has 0 aliphatic rings. The van der Waals surface area contributed by atoms with Crippen molar-refractivity contribution in [1.82, 2.24) is 5.32 Å². The fourth-order valence-electron chi connectivity index (χ4n) is 1.72. The fraction of sp³-hybridized carbons (Fsp3) is 0.267. The molecule has 1 aromatic heterocycles. The Labute approximate surface area is 143 Å². The van der Waals surface area contributed by atoms with Crippen LogP contribution in [0.4, 0.5) is 0 Å². The Morgan fingerprint density at radius 3 is 2.45 bits per heavy atom. The lowest BCUT2D eigenvalue weighted by Gasteiger charge is -2.09. The number of hydrogen-bond acceptors (Lipinski definition) is 3. The zero-order chi connectivity index (χ0) is 16.3. The van der Waals surface area contributed by atoms with E-state index in [-0.39, 0.29) is 24.3 Å². The van der Waals surface area contributed by atoms with Crippen LogP contribution in [-0.2, 0) is 6.61 Å². The van der Waals surface area contributed by atoms with Gasteiger partial charge in [0.15, 0.2) is 11.5 Å². The summed E-state index contributed by atoms with van der Waals surface area (Å²) in [6.07, 6.45) is 0. The van der Waals surface area contributed by atoms with Gasteiger partial charge in [-0.05, 0) is 38.1 Å². The summed E-state index contributed by atoms with van der Waals surface area (Å²) in [5.41, 5.74) is 0. The monoisotopic (exact) mass is 361 g/mol. The Morgan fingerprint density at radius 2 is 1.86 bits per heavy atom. The first kappa shape index (κ1) is 17.0. The summed E-state index contributed by atoms with van der Waals surface area (Å²) in [5.74, 6) is 0.748. The van der Waals surface area contributed by atoms with Gasteiger partial charge in [-0.3, -0.25) is 4.79 Å². The number of ether oxygens (including phenoxy) is 1. The molecule has 1 N–H and O–H groups in total. The highest BCUT2D eigenvalue weighted by molar-refractivity contribution is 6.40. The predicted octanol–water partition coefficient (Wildman–Crippen LogP) is 4.96. The molecule has 0 fully saturated rings. The molecule has 1 heterocycles. The quantitative estimate of drug-likeness (QED) is 0.818. The summed E-state index contributed by atoms with van der Waals surface area (Å²) in [5, 5.41) is 3.78. The van der Waals surface area contributed by atoms with E-state index in [0.29, 0.717) is 26.6 Å². The lowest BCUT2D eigenvalue weighted by atomic mass is 10.3. The number of rotatable bonds is 5. The van der Waals surface area contributed by atoms with Crippen LogP contribution in [0.25, 0.3) is 0 Å². The predicted molar refractivity (Wildman–Crippen MR) is 87.1 cm³/mol. The van der Waals surface area contributed by atoms with Crippen LogP contribution in [-0.4, -0.2) is 11.9 Å².